The van der Waals surface area contributed by atoms with E-state index in [-0.39, 0.29) is 24.8 Å². The zero-order chi connectivity index (χ0) is 31.9. The van der Waals surface area contributed by atoms with E-state index in [4.69, 9.17) is 0 Å². The van der Waals surface area contributed by atoms with Crippen LogP contribution in [0.15, 0.2) is 97.1 Å². The van der Waals surface area contributed by atoms with Crippen LogP contribution in [0.1, 0.15) is 45.6 Å². The van der Waals surface area contributed by atoms with E-state index in [2.05, 4.69) is 88.4 Å². The van der Waals surface area contributed by atoms with E-state index in [1.54, 1.807) is 0 Å². The fraction of sp³-hybridized carbons (Fsp3) is 0. The van der Waals surface area contributed by atoms with Gasteiger partial charge in [-0.05, 0) is 146 Å². The molecule has 0 saturated carbocycles. The van der Waals surface area contributed by atoms with Crippen LogP contribution in [0.3, 0.4) is 0 Å². The highest BCUT2D eigenvalue weighted by Crippen LogP contribution is 2.19. The summed E-state index contributed by atoms with van der Waals surface area (Å²) in [4.78, 5) is 32.0. The standard InChI is InChI=1S/2C20H14N4.2ClH/c2*1-2-14-10-16-5-6-18(23-16)12-20-8-7-19(24-20)11-17-4-3-15(22-17)9-13(1)21-14;;/h2*1-12,21,24H;2*1H. The second-order valence-corrected chi connectivity index (χ2v) is 11.8. The van der Waals surface area contributed by atoms with E-state index < -0.39 is 0 Å². The van der Waals surface area contributed by atoms with Crippen LogP contribution in [0.2, 0.25) is 0 Å². The number of aromatic nitrogens is 8. The number of fused-ring (bicyclic) bond motifs is 16. The van der Waals surface area contributed by atoms with Crippen molar-refractivity contribution in [1.29, 1.82) is 0 Å². The average Bonchev–Trinajstić information content (AvgIpc) is 3.91. The number of hydrogen-bond acceptors (Lipinski definition) is 4. The van der Waals surface area contributed by atoms with Crippen LogP contribution in [-0.4, -0.2) is 39.9 Å². The third kappa shape index (κ3) is 7.27. The Morgan fingerprint density at radius 3 is 0.520 bits per heavy atom. The molecule has 6 aromatic rings. The first-order chi connectivity index (χ1) is 23.6. The first-order valence-corrected chi connectivity index (χ1v) is 15.7. The molecule has 0 aliphatic carbocycles. The largest absolute Gasteiger partial charge is 0.355 e. The van der Waals surface area contributed by atoms with E-state index >= 15 is 0 Å². The van der Waals surface area contributed by atoms with Gasteiger partial charge in [0.1, 0.15) is 0 Å². The maximum atomic E-state index is 4.63. The van der Waals surface area contributed by atoms with Gasteiger partial charge in [0.15, 0.2) is 0 Å². The molecule has 10 rings (SSSR count). The van der Waals surface area contributed by atoms with Gasteiger partial charge in [-0.3, -0.25) is 0 Å². The Kier molecular flexibility index (Phi) is 8.87. The van der Waals surface area contributed by atoms with Gasteiger partial charge >= 0.3 is 0 Å². The second kappa shape index (κ2) is 13.7. The highest BCUT2D eigenvalue weighted by molar-refractivity contribution is 5.86. The molecular formula is C40H30Cl2N8. The molecule has 50 heavy (non-hydrogen) atoms. The van der Waals surface area contributed by atoms with Crippen molar-refractivity contribution in [3.63, 3.8) is 0 Å². The molecule has 4 aliphatic heterocycles. The topological polar surface area (TPSA) is 115 Å². The van der Waals surface area contributed by atoms with Crippen LogP contribution in [0.25, 0.3) is 92.7 Å². The minimum absolute atomic E-state index is 0. The molecule has 4 N–H and O–H groups in total. The van der Waals surface area contributed by atoms with Crippen molar-refractivity contribution in [2.45, 2.75) is 0 Å². The molecule has 4 aliphatic rings. The average molecular weight is 694 g/mol. The van der Waals surface area contributed by atoms with Gasteiger partial charge in [0, 0.05) is 44.1 Å². The first-order valence-electron chi connectivity index (χ1n) is 15.7. The summed E-state index contributed by atoms with van der Waals surface area (Å²) in [6, 6.07) is 32.7. The predicted molar refractivity (Wildman–Crippen MR) is 212 cm³/mol. The number of H-pyrrole nitrogens is 4. The van der Waals surface area contributed by atoms with Gasteiger partial charge < -0.3 is 19.9 Å². The lowest BCUT2D eigenvalue weighted by Gasteiger charge is -1.85. The van der Waals surface area contributed by atoms with Crippen molar-refractivity contribution in [3.8, 4) is 0 Å². The van der Waals surface area contributed by atoms with Crippen LogP contribution in [-0.2, 0) is 0 Å². The smallest absolute Gasteiger partial charge is 0.0658 e. The molecule has 0 fully saturated rings. The third-order valence-corrected chi connectivity index (χ3v) is 8.08. The van der Waals surface area contributed by atoms with E-state index in [0.29, 0.717) is 0 Å². The summed E-state index contributed by atoms with van der Waals surface area (Å²) >= 11 is 0. The fourth-order valence-corrected chi connectivity index (χ4v) is 5.89. The van der Waals surface area contributed by atoms with E-state index in [1.807, 2.05) is 97.1 Å². The van der Waals surface area contributed by atoms with Crippen LogP contribution in [0, 0.1) is 0 Å². The molecule has 6 aromatic heterocycles. The molecule has 16 bridgehead atoms. The lowest BCUT2D eigenvalue weighted by molar-refractivity contribution is 1.31. The minimum Gasteiger partial charge on any atom is -0.355 e. The number of aromatic amines is 4. The van der Waals surface area contributed by atoms with Crippen LogP contribution < -0.4 is 0 Å². The van der Waals surface area contributed by atoms with Crippen LogP contribution in [0.5, 0.6) is 0 Å². The molecule has 0 spiro atoms. The summed E-state index contributed by atoms with van der Waals surface area (Å²) < 4.78 is 0. The van der Waals surface area contributed by atoms with Crippen molar-refractivity contribution in [1.82, 2.24) is 39.9 Å². The normalized spacial score (nSPS) is 12.2. The summed E-state index contributed by atoms with van der Waals surface area (Å²) in [5.74, 6) is 0. The Hall–Kier alpha value is -6.22. The van der Waals surface area contributed by atoms with Crippen molar-refractivity contribution < 1.29 is 0 Å². The van der Waals surface area contributed by atoms with Gasteiger partial charge in [0.2, 0.25) is 0 Å². The molecule has 0 atom stereocenters. The quantitative estimate of drug-likeness (QED) is 0.127. The van der Waals surface area contributed by atoms with Crippen molar-refractivity contribution in [2.75, 3.05) is 0 Å². The van der Waals surface area contributed by atoms with E-state index in [1.165, 1.54) is 0 Å². The summed E-state index contributed by atoms with van der Waals surface area (Å²) in [5, 5.41) is 0. The van der Waals surface area contributed by atoms with Gasteiger partial charge in [-0.25, -0.2) is 19.9 Å². The van der Waals surface area contributed by atoms with Gasteiger partial charge in [0.25, 0.3) is 0 Å². The highest BCUT2D eigenvalue weighted by Gasteiger charge is 2.03. The van der Waals surface area contributed by atoms with E-state index in [0.717, 1.165) is 89.7 Å². The molecule has 8 nitrogen and oxygen atoms in total. The predicted octanol–water partition coefficient (Wildman–Crippen LogP) is 10.2. The highest BCUT2D eigenvalue weighted by atomic mass is 35.5. The molecule has 0 amide bonds. The molecule has 0 radical (unpaired) electrons. The molecule has 0 aromatic carbocycles. The van der Waals surface area contributed by atoms with Crippen LogP contribution >= 0.6 is 24.8 Å². The Morgan fingerprint density at radius 2 is 0.380 bits per heavy atom. The third-order valence-electron chi connectivity index (χ3n) is 8.08. The Balaban J connectivity index is 0.000000151. The molecule has 0 unspecified atom stereocenters. The van der Waals surface area contributed by atoms with Crippen molar-refractivity contribution >= 4 is 118 Å². The molecular weight excluding hydrogens is 663 g/mol. The number of hydrogen-bond donors (Lipinski definition) is 4. The number of nitrogens with one attached hydrogen (secondary N) is 4. The number of nitrogens with zero attached hydrogens (tertiary/aromatic N) is 4. The zero-order valence-electron chi connectivity index (χ0n) is 26.5. The second-order valence-electron chi connectivity index (χ2n) is 11.8. The summed E-state index contributed by atoms with van der Waals surface area (Å²) in [5.41, 5.74) is 15.7. The summed E-state index contributed by atoms with van der Waals surface area (Å²) in [6.45, 7) is 0. The minimum atomic E-state index is 0. The van der Waals surface area contributed by atoms with Gasteiger partial charge in [-0.15, -0.1) is 24.8 Å². The molecule has 10 heteroatoms. The van der Waals surface area contributed by atoms with Crippen molar-refractivity contribution in [2.24, 2.45) is 0 Å². The monoisotopic (exact) mass is 692 g/mol. The maximum Gasteiger partial charge on any atom is 0.0658 e. The van der Waals surface area contributed by atoms with Crippen LogP contribution in [0.4, 0.5) is 0 Å². The van der Waals surface area contributed by atoms with Gasteiger partial charge in [0.05, 0.1) is 45.6 Å². The Morgan fingerprint density at radius 1 is 0.240 bits per heavy atom. The van der Waals surface area contributed by atoms with Gasteiger partial charge in [-0.1, -0.05) is 0 Å². The molecule has 244 valence electrons. The van der Waals surface area contributed by atoms with E-state index in [9.17, 15) is 0 Å². The summed E-state index contributed by atoms with van der Waals surface area (Å²) in [7, 11) is 0. The fourth-order valence-electron chi connectivity index (χ4n) is 5.89. The maximum absolute atomic E-state index is 4.63. The van der Waals surface area contributed by atoms with Gasteiger partial charge in [-0.2, -0.15) is 0 Å². The number of halogens is 2. The lowest BCUT2D eigenvalue weighted by Crippen LogP contribution is -1.75. The molecule has 10 heterocycles. The van der Waals surface area contributed by atoms with Crippen molar-refractivity contribution in [3.05, 3.63) is 143 Å². The SMILES string of the molecule is C1=Cc2cc3ccc(cc4nc(cc5ccc(cc1n2)[nH]5)C=C4)[nH]3.C1=Cc2cc3ccc(cc4nc(cc5ccc(cc1n2)[nH]5)C=C4)[nH]3.Cl.Cl. The Bertz CT molecular complexity index is 2170. The lowest BCUT2D eigenvalue weighted by atomic mass is 10.3. The zero-order valence-corrected chi connectivity index (χ0v) is 28.1. The summed E-state index contributed by atoms with van der Waals surface area (Å²) in [6.07, 6.45) is 16.2. The number of rotatable bonds is 0. The first kappa shape index (κ1) is 32.3. The molecule has 0 saturated heterocycles. The Labute approximate surface area is 299 Å².